The third-order valence-electron chi connectivity index (χ3n) is 6.04. The van der Waals surface area contributed by atoms with Crippen LogP contribution in [0.1, 0.15) is 62.9 Å². The Morgan fingerprint density at radius 1 is 1.29 bits per heavy atom. The van der Waals surface area contributed by atoms with Gasteiger partial charge in [-0.05, 0) is 70.3 Å². The van der Waals surface area contributed by atoms with Crippen LogP contribution in [0.2, 0.25) is 0 Å². The maximum Gasteiger partial charge on any atom is 0.253 e. The monoisotopic (exact) mass is 388 g/mol. The van der Waals surface area contributed by atoms with Crippen LogP contribution >= 0.6 is 0 Å². The largest absolute Gasteiger partial charge is 0.491 e. The molecule has 156 valence electrons. The summed E-state index contributed by atoms with van der Waals surface area (Å²) in [4.78, 5) is 17.5. The van der Waals surface area contributed by atoms with Gasteiger partial charge in [-0.3, -0.25) is 9.69 Å². The molecule has 1 unspecified atom stereocenters. The molecule has 2 aliphatic rings. The number of piperidine rings is 1. The predicted octanol–water partition coefficient (Wildman–Crippen LogP) is 3.89. The fourth-order valence-electron chi connectivity index (χ4n) is 4.39. The molecule has 2 heterocycles. The van der Waals surface area contributed by atoms with Crippen molar-refractivity contribution in [2.45, 2.75) is 71.7 Å². The lowest BCUT2D eigenvalue weighted by Gasteiger charge is -2.50. The molecule has 5 heteroatoms. The minimum Gasteiger partial charge on any atom is -0.491 e. The van der Waals surface area contributed by atoms with E-state index in [1.54, 1.807) is 0 Å². The van der Waals surface area contributed by atoms with Crippen molar-refractivity contribution in [3.8, 4) is 5.75 Å². The van der Waals surface area contributed by atoms with Gasteiger partial charge in [0.05, 0.1) is 17.8 Å². The molecule has 5 nitrogen and oxygen atoms in total. The van der Waals surface area contributed by atoms with Crippen LogP contribution in [0.5, 0.6) is 5.75 Å². The highest BCUT2D eigenvalue weighted by Crippen LogP contribution is 2.33. The maximum absolute atomic E-state index is 13.0. The summed E-state index contributed by atoms with van der Waals surface area (Å²) in [6.07, 6.45) is 3.32. The average Bonchev–Trinajstić information content (AvgIpc) is 2.68. The SMILES string of the molecule is CCC1CN(CC)CC2(CCN(C(=O)c3ccc(OC(C)C)c(C)c3)CC2)O1. The van der Waals surface area contributed by atoms with Crippen LogP contribution in [0.25, 0.3) is 0 Å². The van der Waals surface area contributed by atoms with Crippen LogP contribution in [-0.2, 0) is 4.74 Å². The summed E-state index contributed by atoms with van der Waals surface area (Å²) >= 11 is 0. The predicted molar refractivity (Wildman–Crippen MR) is 112 cm³/mol. The first-order valence-electron chi connectivity index (χ1n) is 10.8. The second-order valence-corrected chi connectivity index (χ2v) is 8.60. The number of carbonyl (C=O) groups excluding carboxylic acids is 1. The number of morpholine rings is 1. The molecular weight excluding hydrogens is 352 g/mol. The van der Waals surface area contributed by atoms with E-state index in [1.165, 1.54) is 0 Å². The lowest BCUT2D eigenvalue weighted by atomic mass is 9.88. The summed E-state index contributed by atoms with van der Waals surface area (Å²) in [6, 6.07) is 5.76. The van der Waals surface area contributed by atoms with E-state index in [9.17, 15) is 4.79 Å². The Hall–Kier alpha value is -1.59. The summed E-state index contributed by atoms with van der Waals surface area (Å²) in [6.45, 7) is 15.0. The number of amides is 1. The molecule has 0 N–H and O–H groups in total. The summed E-state index contributed by atoms with van der Waals surface area (Å²) in [5.41, 5.74) is 1.67. The van der Waals surface area contributed by atoms with Gasteiger partial charge in [-0.1, -0.05) is 13.8 Å². The molecule has 1 spiro atoms. The van der Waals surface area contributed by atoms with Gasteiger partial charge in [-0.15, -0.1) is 0 Å². The molecule has 0 saturated carbocycles. The van der Waals surface area contributed by atoms with Gasteiger partial charge in [0.25, 0.3) is 5.91 Å². The van der Waals surface area contributed by atoms with Crippen LogP contribution in [0.3, 0.4) is 0 Å². The first-order valence-corrected chi connectivity index (χ1v) is 10.8. The van der Waals surface area contributed by atoms with Crippen molar-refractivity contribution in [2.24, 2.45) is 0 Å². The van der Waals surface area contributed by atoms with Gasteiger partial charge in [0, 0.05) is 31.7 Å². The molecule has 3 rings (SSSR count). The van der Waals surface area contributed by atoms with E-state index in [0.29, 0.717) is 6.10 Å². The number of hydrogen-bond acceptors (Lipinski definition) is 4. The minimum absolute atomic E-state index is 0.0867. The van der Waals surface area contributed by atoms with E-state index in [0.717, 1.165) is 68.9 Å². The van der Waals surface area contributed by atoms with Gasteiger partial charge >= 0.3 is 0 Å². The molecule has 1 aromatic carbocycles. The maximum atomic E-state index is 13.0. The van der Waals surface area contributed by atoms with Gasteiger partial charge in [-0.2, -0.15) is 0 Å². The van der Waals surface area contributed by atoms with Crippen molar-refractivity contribution < 1.29 is 14.3 Å². The number of benzene rings is 1. The molecule has 2 aliphatic heterocycles. The highest BCUT2D eigenvalue weighted by molar-refractivity contribution is 5.94. The molecule has 0 bridgehead atoms. The van der Waals surface area contributed by atoms with Gasteiger partial charge < -0.3 is 14.4 Å². The fourth-order valence-corrected chi connectivity index (χ4v) is 4.39. The number of hydrogen-bond donors (Lipinski definition) is 0. The number of likely N-dealkylation sites (N-methyl/N-ethyl adjacent to an activating group) is 1. The highest BCUT2D eigenvalue weighted by atomic mass is 16.5. The van der Waals surface area contributed by atoms with E-state index < -0.39 is 0 Å². The summed E-state index contributed by atoms with van der Waals surface area (Å²) in [5.74, 6) is 0.967. The zero-order valence-electron chi connectivity index (χ0n) is 18.2. The standard InChI is InChI=1S/C23H36N2O3/c1-6-20-15-24(7-2)16-23(28-20)10-12-25(13-11-23)22(26)19-8-9-21(18(5)14-19)27-17(3)4/h8-9,14,17,20H,6-7,10-13,15-16H2,1-5H3. The molecule has 0 aromatic heterocycles. The topological polar surface area (TPSA) is 42.0 Å². The van der Waals surface area contributed by atoms with E-state index in [1.807, 2.05) is 43.9 Å². The Bertz CT molecular complexity index is 666. The van der Waals surface area contributed by atoms with Crippen LogP contribution < -0.4 is 4.74 Å². The van der Waals surface area contributed by atoms with Crippen molar-refractivity contribution in [3.63, 3.8) is 0 Å². The van der Waals surface area contributed by atoms with Crippen molar-refractivity contribution in [1.29, 1.82) is 0 Å². The number of rotatable bonds is 5. The fraction of sp³-hybridized carbons (Fsp3) is 0.696. The second-order valence-electron chi connectivity index (χ2n) is 8.60. The Labute approximate surface area is 170 Å². The summed E-state index contributed by atoms with van der Waals surface area (Å²) in [7, 11) is 0. The van der Waals surface area contributed by atoms with Crippen molar-refractivity contribution in [2.75, 3.05) is 32.7 Å². The van der Waals surface area contributed by atoms with E-state index in [2.05, 4.69) is 18.7 Å². The molecule has 0 radical (unpaired) electrons. The second kappa shape index (κ2) is 8.83. The summed E-state index contributed by atoms with van der Waals surface area (Å²) in [5, 5.41) is 0. The summed E-state index contributed by atoms with van der Waals surface area (Å²) < 4.78 is 12.3. The molecule has 2 saturated heterocycles. The molecule has 1 amide bonds. The number of ether oxygens (including phenoxy) is 2. The van der Waals surface area contributed by atoms with Crippen LogP contribution in [0.4, 0.5) is 0 Å². The third kappa shape index (κ3) is 4.69. The van der Waals surface area contributed by atoms with Gasteiger partial charge in [0.2, 0.25) is 0 Å². The zero-order valence-corrected chi connectivity index (χ0v) is 18.2. The Balaban J connectivity index is 1.64. The van der Waals surface area contributed by atoms with Crippen LogP contribution in [0.15, 0.2) is 18.2 Å². The highest BCUT2D eigenvalue weighted by Gasteiger charge is 2.43. The van der Waals surface area contributed by atoms with Crippen molar-refractivity contribution >= 4 is 5.91 Å². The number of likely N-dealkylation sites (tertiary alicyclic amines) is 1. The third-order valence-corrected chi connectivity index (χ3v) is 6.04. The quantitative estimate of drug-likeness (QED) is 0.767. The number of carbonyl (C=O) groups is 1. The van der Waals surface area contributed by atoms with Gasteiger partial charge in [0.15, 0.2) is 0 Å². The molecule has 0 aliphatic carbocycles. The Kier molecular flexibility index (Phi) is 6.66. The Morgan fingerprint density at radius 2 is 2.00 bits per heavy atom. The lowest BCUT2D eigenvalue weighted by Crippen LogP contribution is -2.59. The van der Waals surface area contributed by atoms with Gasteiger partial charge in [-0.25, -0.2) is 0 Å². The van der Waals surface area contributed by atoms with Crippen molar-refractivity contribution in [1.82, 2.24) is 9.80 Å². The normalized spacial score (nSPS) is 22.6. The Morgan fingerprint density at radius 3 is 2.57 bits per heavy atom. The van der Waals surface area contributed by atoms with E-state index >= 15 is 0 Å². The minimum atomic E-state index is -0.0867. The van der Waals surface area contributed by atoms with E-state index in [-0.39, 0.29) is 17.6 Å². The van der Waals surface area contributed by atoms with Crippen molar-refractivity contribution in [3.05, 3.63) is 29.3 Å². The zero-order chi connectivity index (χ0) is 20.3. The first kappa shape index (κ1) is 21.1. The first-order chi connectivity index (χ1) is 13.4. The average molecular weight is 389 g/mol. The smallest absolute Gasteiger partial charge is 0.253 e. The molecule has 2 fully saturated rings. The molecular formula is C23H36N2O3. The molecule has 1 atom stereocenters. The number of aryl methyl sites for hydroxylation is 1. The molecule has 1 aromatic rings. The van der Waals surface area contributed by atoms with Crippen LogP contribution in [-0.4, -0.2) is 66.2 Å². The van der Waals surface area contributed by atoms with E-state index in [4.69, 9.17) is 9.47 Å². The lowest BCUT2D eigenvalue weighted by molar-refractivity contribution is -0.172. The van der Waals surface area contributed by atoms with Gasteiger partial charge in [0.1, 0.15) is 5.75 Å². The number of nitrogens with zero attached hydrogens (tertiary/aromatic N) is 2. The van der Waals surface area contributed by atoms with Crippen LogP contribution in [0, 0.1) is 6.92 Å². The molecule has 28 heavy (non-hydrogen) atoms.